The molecule has 2 aromatic rings. The maximum atomic E-state index is 14.7. The van der Waals surface area contributed by atoms with E-state index in [4.69, 9.17) is 42.6 Å². The molecule has 1 aliphatic rings. The van der Waals surface area contributed by atoms with E-state index in [9.17, 15) is 47.9 Å². The van der Waals surface area contributed by atoms with Gasteiger partial charge in [-0.05, 0) is 125 Å². The lowest BCUT2D eigenvalue weighted by molar-refractivity contribution is -0.159. The Balaban J connectivity index is 1.71. The predicted octanol–water partition coefficient (Wildman–Crippen LogP) is 6.90. The SMILES string of the molecule is CC(C)[C@H](CC(=O)[C@H](CCC(=O)OC(C)(C)C)NC(=O)[C@H](CC(=O)OCC1c2ccccc2-c2ccccc21)CC(=O)OC(C)(C)C)C(=O)N[C@H](CC(=O)OC(C)(C)C)C(=O)N(C)[C@@H](C)C(=O)NCCOCCOCCOCCOCCC(=O)OC(C)(C)C. The number of likely N-dealkylation sites (N-methyl/N-ethyl adjacent to an activating group) is 1. The largest absolute Gasteiger partial charge is 0.465 e. The van der Waals surface area contributed by atoms with E-state index in [1.165, 1.54) is 14.0 Å². The number of ether oxygens (including phenoxy) is 9. The lowest BCUT2D eigenvalue weighted by atomic mass is 9.86. The molecule has 0 radical (unpaired) electrons. The molecule has 23 heteroatoms. The number of Topliss-reactive ketones (excluding diaryl/α,β-unsaturated/α-hetero) is 1. The zero-order valence-corrected chi connectivity index (χ0v) is 55.4. The van der Waals surface area contributed by atoms with Crippen molar-refractivity contribution in [2.75, 3.05) is 73.1 Å². The van der Waals surface area contributed by atoms with E-state index >= 15 is 0 Å². The van der Waals surface area contributed by atoms with E-state index in [2.05, 4.69) is 16.0 Å². The molecule has 0 heterocycles. The Bertz CT molecular complexity index is 2640. The highest BCUT2D eigenvalue weighted by molar-refractivity contribution is 5.97. The first kappa shape index (κ1) is 76.4. The van der Waals surface area contributed by atoms with Gasteiger partial charge >= 0.3 is 29.8 Å². The summed E-state index contributed by atoms with van der Waals surface area (Å²) < 4.78 is 49.7. The van der Waals surface area contributed by atoms with Gasteiger partial charge in [0.05, 0.1) is 90.5 Å². The summed E-state index contributed by atoms with van der Waals surface area (Å²) >= 11 is 0. The number of fused-ring (bicyclic) bond motifs is 3. The number of nitrogens with one attached hydrogen (secondary N) is 3. The number of benzene rings is 2. The molecule has 1 aliphatic carbocycles. The van der Waals surface area contributed by atoms with Crippen molar-refractivity contribution in [1.82, 2.24) is 20.9 Å². The third kappa shape index (κ3) is 29.6. The van der Waals surface area contributed by atoms with Crippen LogP contribution in [0.1, 0.15) is 166 Å². The quantitative estimate of drug-likeness (QED) is 0.0352. The molecule has 0 saturated carbocycles. The maximum Gasteiger partial charge on any atom is 0.308 e. The monoisotopic (exact) mass is 1250 g/mol. The zero-order chi connectivity index (χ0) is 66.9. The summed E-state index contributed by atoms with van der Waals surface area (Å²) in [5.41, 5.74) is 0.545. The summed E-state index contributed by atoms with van der Waals surface area (Å²) in [6, 6.07) is 11.4. The lowest BCUT2D eigenvalue weighted by Gasteiger charge is -2.31. The average Bonchev–Trinajstić information content (AvgIpc) is 1.69. The van der Waals surface area contributed by atoms with E-state index in [-0.39, 0.29) is 70.7 Å². The van der Waals surface area contributed by atoms with Crippen molar-refractivity contribution in [1.29, 1.82) is 0 Å². The second kappa shape index (κ2) is 36.1. The van der Waals surface area contributed by atoms with Crippen molar-refractivity contribution in [3.05, 3.63) is 59.7 Å². The molecule has 2 aromatic carbocycles. The molecule has 498 valence electrons. The van der Waals surface area contributed by atoms with Crippen LogP contribution in [-0.4, -0.2) is 178 Å². The molecule has 0 bridgehead atoms. The van der Waals surface area contributed by atoms with Gasteiger partial charge in [0.2, 0.25) is 23.6 Å². The number of hydrogen-bond acceptors (Lipinski definition) is 19. The molecule has 0 unspecified atom stereocenters. The fraction of sp³-hybridized carbons (Fsp3) is 0.667. The van der Waals surface area contributed by atoms with Gasteiger partial charge in [0, 0.05) is 38.3 Å². The number of carbonyl (C=O) groups is 10. The molecule has 5 atom stereocenters. The minimum absolute atomic E-state index is 0.0626. The number of hydrogen-bond donors (Lipinski definition) is 3. The van der Waals surface area contributed by atoms with Gasteiger partial charge in [-0.3, -0.25) is 47.9 Å². The summed E-state index contributed by atoms with van der Waals surface area (Å²) in [7, 11) is 1.34. The molecule has 0 saturated heterocycles. The van der Waals surface area contributed by atoms with Crippen LogP contribution in [0.15, 0.2) is 48.5 Å². The first-order valence-electron chi connectivity index (χ1n) is 30.6. The number of amides is 4. The minimum Gasteiger partial charge on any atom is -0.465 e. The van der Waals surface area contributed by atoms with Crippen molar-refractivity contribution >= 4 is 59.3 Å². The van der Waals surface area contributed by atoms with Gasteiger partial charge in [-0.1, -0.05) is 62.4 Å². The summed E-state index contributed by atoms with van der Waals surface area (Å²) in [5.74, 6) is -10.8. The van der Waals surface area contributed by atoms with Crippen LogP contribution in [0.25, 0.3) is 11.1 Å². The van der Waals surface area contributed by atoms with Gasteiger partial charge in [0.15, 0.2) is 5.78 Å². The van der Waals surface area contributed by atoms with Gasteiger partial charge in [-0.2, -0.15) is 0 Å². The Morgan fingerprint density at radius 2 is 0.910 bits per heavy atom. The average molecular weight is 1250 g/mol. The molecule has 0 aliphatic heterocycles. The van der Waals surface area contributed by atoms with Crippen LogP contribution in [-0.2, 0) is 90.6 Å². The topological polar surface area (TPSA) is 293 Å². The normalized spacial score (nSPS) is 14.2. The van der Waals surface area contributed by atoms with Crippen LogP contribution in [0, 0.1) is 17.8 Å². The minimum atomic E-state index is -1.58. The molecule has 0 aromatic heterocycles. The number of carbonyl (C=O) groups excluding carboxylic acids is 10. The lowest BCUT2D eigenvalue weighted by Crippen LogP contribution is -2.55. The number of nitrogens with zero attached hydrogens (tertiary/aromatic N) is 1. The highest BCUT2D eigenvalue weighted by Crippen LogP contribution is 2.44. The van der Waals surface area contributed by atoms with Crippen LogP contribution in [0.5, 0.6) is 0 Å². The number of ketones is 1. The molecular formula is C66H100N4O19. The van der Waals surface area contributed by atoms with E-state index in [0.29, 0.717) is 26.4 Å². The van der Waals surface area contributed by atoms with E-state index in [1.54, 1.807) is 96.9 Å². The second-order valence-corrected chi connectivity index (χ2v) is 26.4. The van der Waals surface area contributed by atoms with Crippen molar-refractivity contribution in [3.8, 4) is 11.1 Å². The molecule has 0 fully saturated rings. The fourth-order valence-electron chi connectivity index (χ4n) is 9.31. The van der Waals surface area contributed by atoms with Crippen molar-refractivity contribution in [2.24, 2.45) is 17.8 Å². The van der Waals surface area contributed by atoms with Crippen LogP contribution in [0.2, 0.25) is 0 Å². The fourth-order valence-corrected chi connectivity index (χ4v) is 9.31. The smallest absolute Gasteiger partial charge is 0.308 e. The van der Waals surface area contributed by atoms with Gasteiger partial charge in [-0.25, -0.2) is 0 Å². The summed E-state index contributed by atoms with van der Waals surface area (Å²) in [5, 5.41) is 8.03. The maximum absolute atomic E-state index is 14.7. The van der Waals surface area contributed by atoms with Crippen LogP contribution in [0.3, 0.4) is 0 Å². The van der Waals surface area contributed by atoms with Crippen LogP contribution >= 0.6 is 0 Å². The van der Waals surface area contributed by atoms with Crippen molar-refractivity contribution in [2.45, 2.75) is 195 Å². The van der Waals surface area contributed by atoms with E-state index < -0.39 is 137 Å². The van der Waals surface area contributed by atoms with Gasteiger partial charge < -0.3 is 63.5 Å². The van der Waals surface area contributed by atoms with Crippen molar-refractivity contribution in [3.63, 3.8) is 0 Å². The van der Waals surface area contributed by atoms with Gasteiger partial charge in [-0.15, -0.1) is 0 Å². The standard InChI is InChI=1S/C66H100N4O19/c1-42(2)49(61(79)69-52(40-58(76)89-66(13,14)15)62(80)70(16)43(3)59(77)67-28-30-82-32-34-84-36-35-83-33-31-81-29-27-55(73)87-64(7,8)9)39-53(71)51(25-26-54(72)86-63(4,5)6)68-60(78)44(38-57(75)88-65(10,11)12)37-56(74)85-41-50-47-23-19-17-21-45(47)46-22-18-20-24-48(46)50/h17-24,42-44,49-52H,25-41H2,1-16H3,(H,67,77)(H,68,78)(H,69,79)/t43-,44+,49-,51-,52+/m0/s1. The van der Waals surface area contributed by atoms with E-state index in [1.807, 2.05) is 48.5 Å². The van der Waals surface area contributed by atoms with Gasteiger partial charge in [0.25, 0.3) is 0 Å². The molecule has 0 spiro atoms. The Kier molecular flexibility index (Phi) is 31.0. The summed E-state index contributed by atoms with van der Waals surface area (Å²) in [6.45, 7) is 27.1. The third-order valence-corrected chi connectivity index (χ3v) is 13.6. The van der Waals surface area contributed by atoms with Gasteiger partial charge in [0.1, 0.15) is 41.1 Å². The molecule has 23 nitrogen and oxygen atoms in total. The molecular weight excluding hydrogens is 1150 g/mol. The predicted molar refractivity (Wildman–Crippen MR) is 330 cm³/mol. The van der Waals surface area contributed by atoms with Crippen molar-refractivity contribution < 1.29 is 90.6 Å². The van der Waals surface area contributed by atoms with Crippen LogP contribution < -0.4 is 16.0 Å². The third-order valence-electron chi connectivity index (χ3n) is 13.6. The molecule has 4 amide bonds. The Morgan fingerprint density at radius 3 is 1.40 bits per heavy atom. The Hall–Kier alpha value is -6.82. The summed E-state index contributed by atoms with van der Waals surface area (Å²) in [4.78, 5) is 138. The van der Waals surface area contributed by atoms with Crippen LogP contribution in [0.4, 0.5) is 0 Å². The highest BCUT2D eigenvalue weighted by atomic mass is 16.6. The zero-order valence-electron chi connectivity index (χ0n) is 55.4. The Labute approximate surface area is 525 Å². The second-order valence-electron chi connectivity index (χ2n) is 26.4. The molecule has 3 rings (SSSR count). The number of esters is 5. The highest BCUT2D eigenvalue weighted by Gasteiger charge is 2.38. The molecule has 89 heavy (non-hydrogen) atoms. The Morgan fingerprint density at radius 1 is 0.483 bits per heavy atom. The van der Waals surface area contributed by atoms with E-state index in [0.717, 1.165) is 27.2 Å². The number of rotatable bonds is 37. The first-order valence-corrected chi connectivity index (χ1v) is 30.6. The molecule has 3 N–H and O–H groups in total. The first-order chi connectivity index (χ1) is 41.4. The summed E-state index contributed by atoms with van der Waals surface area (Å²) in [6.07, 6.45) is -2.89.